The number of para-hydroxylation sites is 1. The summed E-state index contributed by atoms with van der Waals surface area (Å²) in [4.78, 5) is 9.99. The lowest BCUT2D eigenvalue weighted by Gasteiger charge is -2.12. The first-order valence-electron chi connectivity index (χ1n) is 9.47. The van der Waals surface area contributed by atoms with E-state index in [-0.39, 0.29) is 0 Å². The van der Waals surface area contributed by atoms with Crippen LogP contribution in [0, 0.1) is 0 Å². The van der Waals surface area contributed by atoms with Gasteiger partial charge in [-0.2, -0.15) is 0 Å². The highest BCUT2D eigenvalue weighted by Gasteiger charge is 2.14. The monoisotopic (exact) mass is 436 g/mol. The molecule has 4 aromatic carbocycles. The Kier molecular flexibility index (Phi) is 4.66. The van der Waals surface area contributed by atoms with Gasteiger partial charge in [-0.05, 0) is 17.7 Å². The van der Waals surface area contributed by atoms with Crippen molar-refractivity contribution in [1.82, 2.24) is 9.97 Å². The van der Waals surface area contributed by atoms with Crippen molar-refractivity contribution in [2.75, 3.05) is 0 Å². The maximum Gasteiger partial charge on any atom is 0.160 e. The van der Waals surface area contributed by atoms with Gasteiger partial charge in [0.05, 0.1) is 11.2 Å². The van der Waals surface area contributed by atoms with Crippen molar-refractivity contribution in [3.63, 3.8) is 0 Å². The van der Waals surface area contributed by atoms with Gasteiger partial charge in [0.15, 0.2) is 5.82 Å². The van der Waals surface area contributed by atoms with Crippen molar-refractivity contribution in [1.29, 1.82) is 0 Å². The molecule has 0 fully saturated rings. The second-order valence-corrected chi connectivity index (χ2v) is 7.75. The topological polar surface area (TPSA) is 25.8 Å². The summed E-state index contributed by atoms with van der Waals surface area (Å²) >= 11 is 3.51. The molecule has 2 nitrogen and oxygen atoms in total. The molecule has 0 aliphatic carbocycles. The fraction of sp³-hybridized carbons (Fsp3) is 0. The quantitative estimate of drug-likeness (QED) is 0.294. The molecule has 0 aliphatic rings. The SMILES string of the molecule is Brc1ccc(-c2nc(-c3ccccc3)c3cccc(-c4ccccc4)c3n2)cc1. The molecule has 29 heavy (non-hydrogen) atoms. The molecule has 0 atom stereocenters. The lowest BCUT2D eigenvalue weighted by atomic mass is 9.99. The van der Waals surface area contributed by atoms with Gasteiger partial charge in [-0.15, -0.1) is 0 Å². The third-order valence-electron chi connectivity index (χ3n) is 4.96. The second-order valence-electron chi connectivity index (χ2n) is 6.84. The largest absolute Gasteiger partial charge is 0.227 e. The number of hydrogen-bond acceptors (Lipinski definition) is 2. The average Bonchev–Trinajstić information content (AvgIpc) is 2.79. The Hall–Kier alpha value is -3.30. The molecule has 0 N–H and O–H groups in total. The minimum atomic E-state index is 0.729. The predicted molar refractivity (Wildman–Crippen MR) is 124 cm³/mol. The average molecular weight is 437 g/mol. The highest BCUT2D eigenvalue weighted by molar-refractivity contribution is 9.10. The van der Waals surface area contributed by atoms with Gasteiger partial charge in [-0.1, -0.05) is 107 Å². The van der Waals surface area contributed by atoms with Crippen LogP contribution in [0.2, 0.25) is 0 Å². The molecule has 1 heterocycles. The zero-order valence-corrected chi connectivity index (χ0v) is 17.2. The van der Waals surface area contributed by atoms with Crippen LogP contribution in [-0.2, 0) is 0 Å². The summed E-state index contributed by atoms with van der Waals surface area (Å²) in [7, 11) is 0. The molecule has 0 amide bonds. The molecule has 1 aromatic heterocycles. The Balaban J connectivity index is 1.84. The summed E-state index contributed by atoms with van der Waals surface area (Å²) in [6.07, 6.45) is 0. The summed E-state index contributed by atoms with van der Waals surface area (Å²) in [5.74, 6) is 0.729. The highest BCUT2D eigenvalue weighted by Crippen LogP contribution is 2.34. The first kappa shape index (κ1) is 17.8. The maximum atomic E-state index is 5.01. The predicted octanol–water partition coefficient (Wildman–Crippen LogP) is 7.39. The number of halogens is 1. The van der Waals surface area contributed by atoms with E-state index in [1.807, 2.05) is 48.5 Å². The number of aromatic nitrogens is 2. The van der Waals surface area contributed by atoms with Crippen LogP contribution in [0.1, 0.15) is 0 Å². The van der Waals surface area contributed by atoms with E-state index in [2.05, 4.69) is 70.5 Å². The van der Waals surface area contributed by atoms with Gasteiger partial charge in [0.1, 0.15) is 0 Å². The van der Waals surface area contributed by atoms with E-state index >= 15 is 0 Å². The van der Waals surface area contributed by atoms with Crippen LogP contribution in [0.4, 0.5) is 0 Å². The van der Waals surface area contributed by atoms with Crippen molar-refractivity contribution in [2.45, 2.75) is 0 Å². The number of rotatable bonds is 3. The third-order valence-corrected chi connectivity index (χ3v) is 5.49. The second kappa shape index (κ2) is 7.61. The molecule has 138 valence electrons. The summed E-state index contributed by atoms with van der Waals surface area (Å²) in [6.45, 7) is 0. The molecular formula is C26H17BrN2. The molecule has 0 bridgehead atoms. The van der Waals surface area contributed by atoms with Crippen LogP contribution < -0.4 is 0 Å². The van der Waals surface area contributed by atoms with Crippen molar-refractivity contribution in [3.8, 4) is 33.8 Å². The van der Waals surface area contributed by atoms with Crippen LogP contribution in [0.25, 0.3) is 44.7 Å². The van der Waals surface area contributed by atoms with E-state index in [1.54, 1.807) is 0 Å². The maximum absolute atomic E-state index is 5.01. The molecular weight excluding hydrogens is 420 g/mol. The summed E-state index contributed by atoms with van der Waals surface area (Å²) in [5, 5.41) is 1.05. The Morgan fingerprint density at radius 3 is 1.86 bits per heavy atom. The van der Waals surface area contributed by atoms with E-state index < -0.39 is 0 Å². The fourth-order valence-electron chi connectivity index (χ4n) is 3.55. The molecule has 0 unspecified atom stereocenters. The number of benzene rings is 4. The lowest BCUT2D eigenvalue weighted by molar-refractivity contribution is 1.23. The van der Waals surface area contributed by atoms with Crippen LogP contribution in [0.15, 0.2) is 108 Å². The lowest BCUT2D eigenvalue weighted by Crippen LogP contribution is -1.96. The Labute approximate surface area is 178 Å². The van der Waals surface area contributed by atoms with Crippen molar-refractivity contribution in [3.05, 3.63) is 108 Å². The number of hydrogen-bond donors (Lipinski definition) is 0. The molecule has 0 saturated heterocycles. The highest BCUT2D eigenvalue weighted by atomic mass is 79.9. The van der Waals surface area contributed by atoms with E-state index in [9.17, 15) is 0 Å². The number of nitrogens with zero attached hydrogens (tertiary/aromatic N) is 2. The summed E-state index contributed by atoms with van der Waals surface area (Å²) < 4.78 is 1.04. The minimum absolute atomic E-state index is 0.729. The fourth-order valence-corrected chi connectivity index (χ4v) is 3.81. The molecule has 0 saturated carbocycles. The normalized spacial score (nSPS) is 10.9. The molecule has 0 aliphatic heterocycles. The van der Waals surface area contributed by atoms with Crippen LogP contribution in [0.5, 0.6) is 0 Å². The standard InChI is InChI=1S/C26H17BrN2/c27-21-16-14-20(15-17-21)26-28-24(19-10-5-2-6-11-19)23-13-7-12-22(25(23)29-26)18-8-3-1-4-9-18/h1-17H. The molecule has 3 heteroatoms. The van der Waals surface area contributed by atoms with Crippen LogP contribution in [-0.4, -0.2) is 9.97 Å². The van der Waals surface area contributed by atoms with E-state index in [1.165, 1.54) is 0 Å². The Morgan fingerprint density at radius 2 is 1.17 bits per heavy atom. The molecule has 0 spiro atoms. The Bertz CT molecular complexity index is 1280. The third kappa shape index (κ3) is 3.45. The molecule has 0 radical (unpaired) electrons. The van der Waals surface area contributed by atoms with Gasteiger partial charge >= 0.3 is 0 Å². The van der Waals surface area contributed by atoms with Gasteiger partial charge in [0, 0.05) is 26.5 Å². The van der Waals surface area contributed by atoms with Crippen molar-refractivity contribution in [2.24, 2.45) is 0 Å². The van der Waals surface area contributed by atoms with Gasteiger partial charge in [0.2, 0.25) is 0 Å². The zero-order valence-electron chi connectivity index (χ0n) is 15.6. The van der Waals surface area contributed by atoms with E-state index in [0.29, 0.717) is 0 Å². The summed E-state index contributed by atoms with van der Waals surface area (Å²) in [6, 6.07) is 35.2. The van der Waals surface area contributed by atoms with E-state index in [4.69, 9.17) is 9.97 Å². The Morgan fingerprint density at radius 1 is 0.517 bits per heavy atom. The smallest absolute Gasteiger partial charge is 0.160 e. The molecule has 5 rings (SSSR count). The van der Waals surface area contributed by atoms with Crippen molar-refractivity contribution >= 4 is 26.8 Å². The van der Waals surface area contributed by atoms with Gasteiger partial charge in [-0.3, -0.25) is 0 Å². The van der Waals surface area contributed by atoms with Gasteiger partial charge in [0.25, 0.3) is 0 Å². The first-order chi connectivity index (χ1) is 14.3. The minimum Gasteiger partial charge on any atom is -0.227 e. The van der Waals surface area contributed by atoms with Crippen molar-refractivity contribution < 1.29 is 0 Å². The molecule has 5 aromatic rings. The summed E-state index contributed by atoms with van der Waals surface area (Å²) in [5.41, 5.74) is 6.26. The number of fused-ring (bicyclic) bond motifs is 1. The van der Waals surface area contributed by atoms with Gasteiger partial charge < -0.3 is 0 Å². The van der Waals surface area contributed by atoms with E-state index in [0.717, 1.165) is 49.1 Å². The van der Waals surface area contributed by atoms with Crippen LogP contribution >= 0.6 is 15.9 Å². The van der Waals surface area contributed by atoms with Gasteiger partial charge in [-0.25, -0.2) is 9.97 Å². The first-order valence-corrected chi connectivity index (χ1v) is 10.3. The zero-order chi connectivity index (χ0) is 19.6. The van der Waals surface area contributed by atoms with Crippen LogP contribution in [0.3, 0.4) is 0 Å².